The number of hydrogen-bond acceptors (Lipinski definition) is 2. The molecule has 3 aromatic rings. The third kappa shape index (κ3) is 3.11. The van der Waals surface area contributed by atoms with Crippen LogP contribution in [0.1, 0.15) is 33.5 Å². The van der Waals surface area contributed by atoms with E-state index in [0.29, 0.717) is 17.7 Å². The Kier molecular flexibility index (Phi) is 4.48. The lowest BCUT2D eigenvalue weighted by Crippen LogP contribution is -2.35. The summed E-state index contributed by atoms with van der Waals surface area (Å²) in [5.41, 5.74) is 6.25. The van der Waals surface area contributed by atoms with Gasteiger partial charge in [-0.25, -0.2) is 0 Å². The zero-order valence-electron chi connectivity index (χ0n) is 15.3. The van der Waals surface area contributed by atoms with Gasteiger partial charge >= 0.3 is 0 Å². The first-order chi connectivity index (χ1) is 13.2. The van der Waals surface area contributed by atoms with Gasteiger partial charge in [0.1, 0.15) is 0 Å². The number of fused-ring (bicyclic) bond motifs is 1. The van der Waals surface area contributed by atoms with Gasteiger partial charge in [-0.1, -0.05) is 54.1 Å². The van der Waals surface area contributed by atoms with Crippen molar-refractivity contribution in [2.75, 3.05) is 11.4 Å². The summed E-state index contributed by atoms with van der Waals surface area (Å²) in [5.74, 6) is -0.0110. The molecular formula is C24H20N2O. The number of aryl methyl sites for hydroxylation is 2. The summed E-state index contributed by atoms with van der Waals surface area (Å²) in [7, 11) is 0. The number of carbonyl (C=O) groups excluding carboxylic acids is 1. The maximum Gasteiger partial charge on any atom is 0.258 e. The minimum Gasteiger partial charge on any atom is -0.308 e. The number of amides is 1. The average Bonchev–Trinajstić information content (AvgIpc) is 2.72. The molecule has 0 saturated heterocycles. The van der Waals surface area contributed by atoms with Crippen LogP contribution in [0.5, 0.6) is 0 Å². The molecule has 1 aliphatic rings. The fourth-order valence-electron chi connectivity index (χ4n) is 3.80. The van der Waals surface area contributed by atoms with E-state index >= 15 is 0 Å². The number of anilines is 1. The fraction of sp³-hybridized carbons (Fsp3) is 0.167. The highest BCUT2D eigenvalue weighted by molar-refractivity contribution is 6.11. The van der Waals surface area contributed by atoms with Crippen molar-refractivity contribution in [3.8, 4) is 17.2 Å². The molecule has 132 valence electrons. The van der Waals surface area contributed by atoms with E-state index in [4.69, 9.17) is 0 Å². The van der Waals surface area contributed by atoms with Crippen LogP contribution >= 0.6 is 0 Å². The van der Waals surface area contributed by atoms with Gasteiger partial charge in [-0.15, -0.1) is 0 Å². The van der Waals surface area contributed by atoms with Crippen LogP contribution in [0.2, 0.25) is 0 Å². The lowest BCUT2D eigenvalue weighted by Gasteiger charge is -2.30. The minimum absolute atomic E-state index is 0.0110. The standard InChI is InChI=1S/C24H20N2O/c1-17-12-13-23-18(15-17)8-6-14-26(23)24(27)22-11-5-4-10-21(22)20-9-3-2-7-19(20)16-25/h2-5,7,9-13,15H,6,8,14H2,1H3. The van der Waals surface area contributed by atoms with Crippen LogP contribution in [0.3, 0.4) is 0 Å². The fourth-order valence-corrected chi connectivity index (χ4v) is 3.80. The molecule has 27 heavy (non-hydrogen) atoms. The Bertz CT molecular complexity index is 1060. The predicted octanol–water partition coefficient (Wildman–Crippen LogP) is 5.13. The summed E-state index contributed by atoms with van der Waals surface area (Å²) < 4.78 is 0. The zero-order chi connectivity index (χ0) is 18.8. The Morgan fingerprint density at radius 2 is 1.74 bits per heavy atom. The van der Waals surface area contributed by atoms with Crippen LogP contribution in [0.15, 0.2) is 66.7 Å². The zero-order valence-corrected chi connectivity index (χ0v) is 15.3. The van der Waals surface area contributed by atoms with Crippen molar-refractivity contribution < 1.29 is 4.79 Å². The van der Waals surface area contributed by atoms with Crippen LogP contribution in [-0.2, 0) is 6.42 Å². The van der Waals surface area contributed by atoms with Gasteiger partial charge in [-0.2, -0.15) is 5.26 Å². The third-order valence-corrected chi connectivity index (χ3v) is 5.09. The van der Waals surface area contributed by atoms with Crippen molar-refractivity contribution >= 4 is 11.6 Å². The molecule has 0 N–H and O–H groups in total. The summed E-state index contributed by atoms with van der Waals surface area (Å²) in [4.78, 5) is 15.4. The van der Waals surface area contributed by atoms with Crippen LogP contribution in [0.25, 0.3) is 11.1 Å². The van der Waals surface area contributed by atoms with Crippen molar-refractivity contribution in [2.24, 2.45) is 0 Å². The van der Waals surface area contributed by atoms with E-state index in [-0.39, 0.29) is 5.91 Å². The molecule has 0 atom stereocenters. The summed E-state index contributed by atoms with van der Waals surface area (Å²) in [5, 5.41) is 9.47. The largest absolute Gasteiger partial charge is 0.308 e. The average molecular weight is 352 g/mol. The third-order valence-electron chi connectivity index (χ3n) is 5.09. The molecule has 3 nitrogen and oxygen atoms in total. The molecule has 3 aromatic carbocycles. The van der Waals surface area contributed by atoms with Gasteiger partial charge in [0, 0.05) is 23.4 Å². The smallest absolute Gasteiger partial charge is 0.258 e. The molecule has 1 aliphatic heterocycles. The Morgan fingerprint density at radius 1 is 1.00 bits per heavy atom. The first-order valence-electron chi connectivity index (χ1n) is 9.19. The maximum absolute atomic E-state index is 13.5. The summed E-state index contributed by atoms with van der Waals surface area (Å²) in [6.07, 6.45) is 1.96. The first-order valence-corrected chi connectivity index (χ1v) is 9.19. The van der Waals surface area contributed by atoms with E-state index < -0.39 is 0 Å². The van der Waals surface area contributed by atoms with Crippen molar-refractivity contribution in [1.82, 2.24) is 0 Å². The Labute approximate surface area is 159 Å². The van der Waals surface area contributed by atoms with Crippen LogP contribution in [-0.4, -0.2) is 12.5 Å². The van der Waals surface area contributed by atoms with E-state index in [1.165, 1.54) is 11.1 Å². The molecule has 0 spiro atoms. The topological polar surface area (TPSA) is 44.1 Å². The number of hydrogen-bond donors (Lipinski definition) is 0. The van der Waals surface area contributed by atoms with Gasteiger partial charge in [0.2, 0.25) is 0 Å². The van der Waals surface area contributed by atoms with E-state index in [1.54, 1.807) is 6.07 Å². The van der Waals surface area contributed by atoms with Gasteiger partial charge in [0.15, 0.2) is 0 Å². The number of rotatable bonds is 2. The molecule has 0 saturated carbocycles. The van der Waals surface area contributed by atoms with Crippen molar-refractivity contribution in [3.63, 3.8) is 0 Å². The summed E-state index contributed by atoms with van der Waals surface area (Å²) in [6, 6.07) is 23.5. The highest BCUT2D eigenvalue weighted by Crippen LogP contribution is 2.32. The molecule has 0 fully saturated rings. The molecule has 0 aliphatic carbocycles. The van der Waals surface area contributed by atoms with Gasteiger partial charge in [-0.05, 0) is 49.1 Å². The molecule has 0 aromatic heterocycles. The van der Waals surface area contributed by atoms with Crippen molar-refractivity contribution in [3.05, 3.63) is 89.0 Å². The molecular weight excluding hydrogens is 332 g/mol. The van der Waals surface area contributed by atoms with Gasteiger partial charge in [-0.3, -0.25) is 4.79 Å². The molecule has 1 amide bonds. The lowest BCUT2D eigenvalue weighted by atomic mass is 9.94. The maximum atomic E-state index is 13.5. The Morgan fingerprint density at radius 3 is 2.56 bits per heavy atom. The van der Waals surface area contributed by atoms with Gasteiger partial charge in [0.25, 0.3) is 5.91 Å². The van der Waals surface area contributed by atoms with Crippen molar-refractivity contribution in [2.45, 2.75) is 19.8 Å². The first kappa shape index (κ1) is 17.1. The number of nitriles is 1. The normalized spacial score (nSPS) is 13.0. The second-order valence-corrected chi connectivity index (χ2v) is 6.90. The van der Waals surface area contributed by atoms with Crippen LogP contribution in [0.4, 0.5) is 5.69 Å². The predicted molar refractivity (Wildman–Crippen MR) is 108 cm³/mol. The highest BCUT2D eigenvalue weighted by atomic mass is 16.2. The number of nitrogens with zero attached hydrogens (tertiary/aromatic N) is 2. The molecule has 1 heterocycles. The molecule has 0 radical (unpaired) electrons. The summed E-state index contributed by atoms with van der Waals surface area (Å²) in [6.45, 7) is 2.79. The van der Waals surface area contributed by atoms with E-state index in [0.717, 1.165) is 29.7 Å². The van der Waals surface area contributed by atoms with Crippen molar-refractivity contribution in [1.29, 1.82) is 5.26 Å². The van der Waals surface area contributed by atoms with E-state index in [2.05, 4.69) is 25.1 Å². The Hall–Kier alpha value is -3.38. The number of benzene rings is 3. The number of carbonyl (C=O) groups is 1. The Balaban J connectivity index is 1.80. The van der Waals surface area contributed by atoms with Crippen LogP contribution < -0.4 is 4.90 Å². The quantitative estimate of drug-likeness (QED) is 0.642. The lowest BCUT2D eigenvalue weighted by molar-refractivity contribution is 0.0985. The monoisotopic (exact) mass is 352 g/mol. The highest BCUT2D eigenvalue weighted by Gasteiger charge is 2.25. The van der Waals surface area contributed by atoms with E-state index in [1.807, 2.05) is 53.4 Å². The molecule has 0 bridgehead atoms. The van der Waals surface area contributed by atoms with Crippen LogP contribution in [0, 0.1) is 18.3 Å². The minimum atomic E-state index is -0.0110. The molecule has 4 rings (SSSR count). The van der Waals surface area contributed by atoms with E-state index in [9.17, 15) is 10.1 Å². The summed E-state index contributed by atoms with van der Waals surface area (Å²) >= 11 is 0. The van der Waals surface area contributed by atoms with Gasteiger partial charge in [0.05, 0.1) is 11.6 Å². The molecule has 3 heteroatoms. The molecule has 0 unspecified atom stereocenters. The second-order valence-electron chi connectivity index (χ2n) is 6.90. The van der Waals surface area contributed by atoms with Gasteiger partial charge < -0.3 is 4.90 Å². The second kappa shape index (κ2) is 7.09. The SMILES string of the molecule is Cc1ccc2c(c1)CCCN2C(=O)c1ccccc1-c1ccccc1C#N.